The second-order valence-electron chi connectivity index (χ2n) is 6.08. The van der Waals surface area contributed by atoms with Crippen LogP contribution >= 0.6 is 22.6 Å². The summed E-state index contributed by atoms with van der Waals surface area (Å²) in [7, 11) is 1.57. The molecule has 136 valence electrons. The Bertz CT molecular complexity index is 841. The molecule has 0 fully saturated rings. The maximum Gasteiger partial charge on any atom is 0.262 e. The maximum atomic E-state index is 12.5. The zero-order valence-corrected chi connectivity index (χ0v) is 16.7. The van der Waals surface area contributed by atoms with Crippen LogP contribution in [-0.4, -0.2) is 38.1 Å². The number of fused-ring (bicyclic) bond motifs is 1. The average molecular weight is 465 g/mol. The van der Waals surface area contributed by atoms with Crippen LogP contribution in [0.15, 0.2) is 42.5 Å². The largest absolute Gasteiger partial charge is 0.477 e. The van der Waals surface area contributed by atoms with E-state index in [1.54, 1.807) is 13.1 Å². The fourth-order valence-corrected chi connectivity index (χ4v) is 3.31. The molecule has 0 saturated carbocycles. The van der Waals surface area contributed by atoms with Gasteiger partial charge in [-0.25, -0.2) is 0 Å². The fraction of sp³-hybridized carbons (Fsp3) is 0.263. The van der Waals surface area contributed by atoms with Crippen molar-refractivity contribution in [2.75, 3.05) is 30.4 Å². The molecule has 0 aromatic heterocycles. The number of ether oxygens (including phenoxy) is 1. The second kappa shape index (κ2) is 7.94. The van der Waals surface area contributed by atoms with Crippen LogP contribution in [0.25, 0.3) is 0 Å². The number of anilines is 2. The van der Waals surface area contributed by atoms with Gasteiger partial charge in [0, 0.05) is 16.3 Å². The molecule has 3 rings (SSSR count). The number of aryl methyl sites for hydroxylation is 1. The molecule has 0 bridgehead atoms. The summed E-state index contributed by atoms with van der Waals surface area (Å²) in [6.45, 7) is 2.48. The number of hydrogen-bond acceptors (Lipinski definition) is 4. The molecule has 1 aliphatic heterocycles. The van der Waals surface area contributed by atoms with Gasteiger partial charge in [0.05, 0.1) is 18.8 Å². The molecule has 2 N–H and O–H groups in total. The summed E-state index contributed by atoms with van der Waals surface area (Å²) in [6.07, 6.45) is -0.650. The third-order valence-corrected chi connectivity index (χ3v) is 5.35. The minimum atomic E-state index is -0.650. The van der Waals surface area contributed by atoms with Gasteiger partial charge >= 0.3 is 0 Å². The third kappa shape index (κ3) is 4.09. The summed E-state index contributed by atoms with van der Waals surface area (Å²) in [5.41, 5.74) is 2.73. The molecule has 0 aliphatic carbocycles. The number of likely N-dealkylation sites (N-methyl/N-ethyl adjacent to an activating group) is 1. The van der Waals surface area contributed by atoms with Crippen LogP contribution in [0.2, 0.25) is 0 Å². The molecule has 0 saturated heterocycles. The van der Waals surface area contributed by atoms with E-state index in [1.807, 2.05) is 48.2 Å². The van der Waals surface area contributed by atoms with Crippen molar-refractivity contribution in [2.24, 2.45) is 0 Å². The van der Waals surface area contributed by atoms with Crippen molar-refractivity contribution in [3.05, 3.63) is 51.6 Å². The number of halogens is 1. The Morgan fingerprint density at radius 2 is 2.04 bits per heavy atom. The van der Waals surface area contributed by atoms with Gasteiger partial charge in [0.2, 0.25) is 5.91 Å². The SMILES string of the molecule is CNC(=O)[C@H]1CN(CC(=O)Nc2ccc(C)c(I)c2)c2ccccc2O1. The van der Waals surface area contributed by atoms with Gasteiger partial charge in [-0.3, -0.25) is 9.59 Å². The summed E-state index contributed by atoms with van der Waals surface area (Å²) < 4.78 is 6.85. The van der Waals surface area contributed by atoms with E-state index in [1.165, 1.54) is 5.56 Å². The highest BCUT2D eigenvalue weighted by Crippen LogP contribution is 2.33. The van der Waals surface area contributed by atoms with Crippen molar-refractivity contribution < 1.29 is 14.3 Å². The van der Waals surface area contributed by atoms with E-state index >= 15 is 0 Å². The molecule has 0 spiro atoms. The number of nitrogens with zero attached hydrogens (tertiary/aromatic N) is 1. The number of benzene rings is 2. The van der Waals surface area contributed by atoms with Gasteiger partial charge < -0.3 is 20.3 Å². The lowest BCUT2D eigenvalue weighted by molar-refractivity contribution is -0.127. The van der Waals surface area contributed by atoms with Crippen LogP contribution in [0.5, 0.6) is 5.75 Å². The normalized spacial score (nSPS) is 15.7. The monoisotopic (exact) mass is 465 g/mol. The van der Waals surface area contributed by atoms with E-state index in [9.17, 15) is 9.59 Å². The van der Waals surface area contributed by atoms with Crippen LogP contribution in [-0.2, 0) is 9.59 Å². The minimum Gasteiger partial charge on any atom is -0.477 e. The first-order valence-corrected chi connectivity index (χ1v) is 9.34. The van der Waals surface area contributed by atoms with Gasteiger partial charge in [-0.2, -0.15) is 0 Å². The predicted octanol–water partition coefficient (Wildman–Crippen LogP) is 2.55. The lowest BCUT2D eigenvalue weighted by Crippen LogP contribution is -2.50. The minimum absolute atomic E-state index is 0.137. The Morgan fingerprint density at radius 3 is 2.77 bits per heavy atom. The molecule has 1 aliphatic rings. The van der Waals surface area contributed by atoms with Gasteiger partial charge in [0.25, 0.3) is 5.91 Å². The molecule has 2 aromatic carbocycles. The molecule has 2 aromatic rings. The Balaban J connectivity index is 1.75. The van der Waals surface area contributed by atoms with E-state index in [0.29, 0.717) is 12.3 Å². The molecule has 0 unspecified atom stereocenters. The number of carbonyl (C=O) groups excluding carboxylic acids is 2. The molecule has 1 atom stereocenters. The van der Waals surface area contributed by atoms with E-state index in [0.717, 1.165) is 14.9 Å². The molecule has 6 nitrogen and oxygen atoms in total. The van der Waals surface area contributed by atoms with Crippen LogP contribution in [0.4, 0.5) is 11.4 Å². The van der Waals surface area contributed by atoms with Gasteiger partial charge in [0.1, 0.15) is 5.75 Å². The smallest absolute Gasteiger partial charge is 0.262 e. The fourth-order valence-electron chi connectivity index (χ4n) is 2.80. The number of para-hydroxylation sites is 2. The molecule has 26 heavy (non-hydrogen) atoms. The van der Waals surface area contributed by atoms with E-state index in [2.05, 4.69) is 33.2 Å². The third-order valence-electron chi connectivity index (χ3n) is 4.19. The van der Waals surface area contributed by atoms with E-state index < -0.39 is 6.10 Å². The molecule has 2 amide bonds. The second-order valence-corrected chi connectivity index (χ2v) is 7.24. The van der Waals surface area contributed by atoms with Crippen molar-refractivity contribution >= 4 is 45.8 Å². The maximum absolute atomic E-state index is 12.5. The highest BCUT2D eigenvalue weighted by atomic mass is 127. The summed E-state index contributed by atoms with van der Waals surface area (Å²) in [5.74, 6) is 0.250. The lowest BCUT2D eigenvalue weighted by atomic mass is 10.1. The topological polar surface area (TPSA) is 70.7 Å². The number of nitrogens with one attached hydrogen (secondary N) is 2. The molecule has 7 heteroatoms. The summed E-state index contributed by atoms with van der Waals surface area (Å²) >= 11 is 2.24. The first-order valence-electron chi connectivity index (χ1n) is 8.26. The summed E-state index contributed by atoms with van der Waals surface area (Å²) in [5, 5.41) is 5.52. The Morgan fingerprint density at radius 1 is 1.27 bits per heavy atom. The van der Waals surface area contributed by atoms with Crippen molar-refractivity contribution in [3.8, 4) is 5.75 Å². The Hall–Kier alpha value is -2.29. The number of hydrogen-bond donors (Lipinski definition) is 2. The first kappa shape index (κ1) is 18.5. The number of carbonyl (C=O) groups is 2. The van der Waals surface area contributed by atoms with Gasteiger partial charge in [-0.15, -0.1) is 0 Å². The molecular formula is C19H20IN3O3. The zero-order chi connectivity index (χ0) is 18.7. The van der Waals surface area contributed by atoms with Gasteiger partial charge in [-0.05, 0) is 59.3 Å². The van der Waals surface area contributed by atoms with Crippen molar-refractivity contribution in [3.63, 3.8) is 0 Å². The van der Waals surface area contributed by atoms with E-state index in [-0.39, 0.29) is 18.4 Å². The summed E-state index contributed by atoms with van der Waals surface area (Å²) in [4.78, 5) is 26.4. The van der Waals surface area contributed by atoms with Crippen LogP contribution in [0, 0.1) is 10.5 Å². The van der Waals surface area contributed by atoms with Crippen LogP contribution in [0.1, 0.15) is 5.56 Å². The summed E-state index contributed by atoms with van der Waals surface area (Å²) in [6, 6.07) is 13.2. The Labute approximate surface area is 166 Å². The average Bonchev–Trinajstić information content (AvgIpc) is 2.64. The van der Waals surface area contributed by atoms with Crippen LogP contribution < -0.4 is 20.3 Å². The standard InChI is InChI=1S/C19H20IN3O3/c1-12-7-8-13(9-14(12)20)22-18(24)11-23-10-17(19(25)21-2)26-16-6-4-3-5-15(16)23/h3-9,17H,10-11H2,1-2H3,(H,21,25)(H,22,24)/t17-/m1/s1. The van der Waals surface area contributed by atoms with Crippen LogP contribution in [0.3, 0.4) is 0 Å². The van der Waals surface area contributed by atoms with Crippen molar-refractivity contribution in [1.29, 1.82) is 0 Å². The number of rotatable bonds is 4. The highest BCUT2D eigenvalue weighted by molar-refractivity contribution is 14.1. The van der Waals surface area contributed by atoms with E-state index in [4.69, 9.17) is 4.74 Å². The zero-order valence-electron chi connectivity index (χ0n) is 14.6. The van der Waals surface area contributed by atoms with Crippen molar-refractivity contribution in [1.82, 2.24) is 5.32 Å². The quantitative estimate of drug-likeness (QED) is 0.682. The molecule has 1 heterocycles. The van der Waals surface area contributed by atoms with Crippen molar-refractivity contribution in [2.45, 2.75) is 13.0 Å². The first-order chi connectivity index (χ1) is 12.5. The lowest BCUT2D eigenvalue weighted by Gasteiger charge is -2.35. The Kier molecular flexibility index (Phi) is 5.65. The number of amides is 2. The van der Waals surface area contributed by atoms with Gasteiger partial charge in [-0.1, -0.05) is 18.2 Å². The molecular weight excluding hydrogens is 445 g/mol. The highest BCUT2D eigenvalue weighted by Gasteiger charge is 2.30. The predicted molar refractivity (Wildman–Crippen MR) is 110 cm³/mol. The molecule has 0 radical (unpaired) electrons. The van der Waals surface area contributed by atoms with Gasteiger partial charge in [0.15, 0.2) is 6.10 Å².